The molecule has 1 unspecified atom stereocenters. The highest BCUT2D eigenvalue weighted by Crippen LogP contribution is 2.43. The summed E-state index contributed by atoms with van der Waals surface area (Å²) in [4.78, 5) is 23.2. The second kappa shape index (κ2) is 3.84. The molecule has 0 heterocycles. The van der Waals surface area contributed by atoms with Crippen LogP contribution < -0.4 is 0 Å². The summed E-state index contributed by atoms with van der Waals surface area (Å²) >= 11 is 0. The molecular weight excluding hydrogens is 176 g/mol. The molecule has 0 aromatic rings. The van der Waals surface area contributed by atoms with Crippen LogP contribution in [-0.4, -0.2) is 11.6 Å². The maximum Gasteiger partial charge on any atom is 0.139 e. The van der Waals surface area contributed by atoms with Crippen molar-refractivity contribution in [2.75, 3.05) is 0 Å². The third kappa shape index (κ3) is 1.75. The lowest BCUT2D eigenvalue weighted by Crippen LogP contribution is -2.33. The Morgan fingerprint density at radius 3 is 2.36 bits per heavy atom. The summed E-state index contributed by atoms with van der Waals surface area (Å²) in [7, 11) is 0. The first-order valence-corrected chi connectivity index (χ1v) is 5.78. The highest BCUT2D eigenvalue weighted by molar-refractivity contribution is 5.87. The average Bonchev–Trinajstić information content (AvgIpc) is 2.36. The largest absolute Gasteiger partial charge is 0.300 e. The summed E-state index contributed by atoms with van der Waals surface area (Å²) in [6.45, 7) is 0. The van der Waals surface area contributed by atoms with Gasteiger partial charge in [0, 0.05) is 24.7 Å². The fraction of sp³-hybridized carbons (Fsp3) is 0.833. The molecule has 2 heteroatoms. The van der Waals surface area contributed by atoms with Crippen LogP contribution in [0.4, 0.5) is 0 Å². The van der Waals surface area contributed by atoms with Crippen LogP contribution >= 0.6 is 0 Å². The van der Waals surface area contributed by atoms with E-state index in [1.807, 2.05) is 0 Å². The lowest BCUT2D eigenvalue weighted by Gasteiger charge is -2.34. The topological polar surface area (TPSA) is 34.1 Å². The van der Waals surface area contributed by atoms with Crippen molar-refractivity contribution in [1.82, 2.24) is 0 Å². The van der Waals surface area contributed by atoms with Crippen molar-refractivity contribution in [3.05, 3.63) is 0 Å². The fourth-order valence-corrected chi connectivity index (χ4v) is 2.94. The highest BCUT2D eigenvalue weighted by atomic mass is 16.1. The number of carbonyl (C=O) groups excluding carboxylic acids is 2. The van der Waals surface area contributed by atoms with Gasteiger partial charge < -0.3 is 0 Å². The zero-order valence-corrected chi connectivity index (χ0v) is 8.68. The Morgan fingerprint density at radius 1 is 0.786 bits per heavy atom. The molecule has 2 rings (SSSR count). The molecular formula is C12H18O2. The number of rotatable bonds is 0. The SMILES string of the molecule is O=C1CCCC2(CCCCC2=O)CC1. The van der Waals surface area contributed by atoms with Crippen molar-refractivity contribution >= 4 is 11.6 Å². The molecule has 0 saturated heterocycles. The van der Waals surface area contributed by atoms with Gasteiger partial charge in [0.2, 0.25) is 0 Å². The first kappa shape index (κ1) is 9.88. The van der Waals surface area contributed by atoms with Crippen LogP contribution in [0.25, 0.3) is 0 Å². The van der Waals surface area contributed by atoms with E-state index in [0.717, 1.165) is 38.5 Å². The Balaban J connectivity index is 2.12. The van der Waals surface area contributed by atoms with Gasteiger partial charge in [-0.2, -0.15) is 0 Å². The zero-order chi connectivity index (χ0) is 10.0. The Kier molecular flexibility index (Phi) is 2.71. The van der Waals surface area contributed by atoms with E-state index in [1.54, 1.807) is 0 Å². The van der Waals surface area contributed by atoms with E-state index in [1.165, 1.54) is 6.42 Å². The number of ketones is 2. The number of hydrogen-bond acceptors (Lipinski definition) is 2. The predicted octanol–water partition coefficient (Wildman–Crippen LogP) is 2.65. The van der Waals surface area contributed by atoms with E-state index in [2.05, 4.69) is 0 Å². The average molecular weight is 194 g/mol. The second-order valence-corrected chi connectivity index (χ2v) is 4.80. The van der Waals surface area contributed by atoms with Gasteiger partial charge in [0.05, 0.1) is 0 Å². The molecule has 78 valence electrons. The van der Waals surface area contributed by atoms with Crippen molar-refractivity contribution in [2.24, 2.45) is 5.41 Å². The summed E-state index contributed by atoms with van der Waals surface area (Å²) in [6, 6.07) is 0. The van der Waals surface area contributed by atoms with Crippen molar-refractivity contribution in [2.45, 2.75) is 57.8 Å². The van der Waals surface area contributed by atoms with Gasteiger partial charge in [-0.15, -0.1) is 0 Å². The molecule has 2 aliphatic carbocycles. The van der Waals surface area contributed by atoms with Gasteiger partial charge in [0.15, 0.2) is 0 Å². The summed E-state index contributed by atoms with van der Waals surface area (Å²) in [6.07, 6.45) is 8.13. The second-order valence-electron chi connectivity index (χ2n) is 4.80. The van der Waals surface area contributed by atoms with Crippen LogP contribution in [0.1, 0.15) is 57.8 Å². The van der Waals surface area contributed by atoms with E-state index in [0.29, 0.717) is 24.4 Å². The van der Waals surface area contributed by atoms with Crippen molar-refractivity contribution in [1.29, 1.82) is 0 Å². The molecule has 0 radical (unpaired) electrons. The van der Waals surface area contributed by atoms with Crippen LogP contribution in [-0.2, 0) is 9.59 Å². The number of Topliss-reactive ketones (excluding diaryl/α,β-unsaturated/α-hetero) is 2. The smallest absolute Gasteiger partial charge is 0.139 e. The third-order valence-electron chi connectivity index (χ3n) is 3.89. The summed E-state index contributed by atoms with van der Waals surface area (Å²) in [5, 5.41) is 0. The maximum atomic E-state index is 11.9. The van der Waals surface area contributed by atoms with Crippen molar-refractivity contribution in [3.8, 4) is 0 Å². The monoisotopic (exact) mass is 194 g/mol. The van der Waals surface area contributed by atoms with E-state index in [-0.39, 0.29) is 5.41 Å². The molecule has 0 aliphatic heterocycles. The standard InChI is InChI=1S/C12H18O2/c13-10-4-3-8-12(9-6-10)7-2-1-5-11(12)14/h1-9H2. The van der Waals surface area contributed by atoms with Gasteiger partial charge in [0.25, 0.3) is 0 Å². The predicted molar refractivity (Wildman–Crippen MR) is 54.0 cm³/mol. The molecule has 2 fully saturated rings. The molecule has 2 saturated carbocycles. The minimum absolute atomic E-state index is 0.0790. The zero-order valence-electron chi connectivity index (χ0n) is 8.68. The van der Waals surface area contributed by atoms with Gasteiger partial charge >= 0.3 is 0 Å². The molecule has 0 N–H and O–H groups in total. The summed E-state index contributed by atoms with van der Waals surface area (Å²) in [5.74, 6) is 0.804. The van der Waals surface area contributed by atoms with E-state index < -0.39 is 0 Å². The summed E-state index contributed by atoms with van der Waals surface area (Å²) in [5.41, 5.74) is -0.0790. The van der Waals surface area contributed by atoms with Crippen LogP contribution in [0.15, 0.2) is 0 Å². The normalized spacial score (nSPS) is 34.6. The molecule has 2 nitrogen and oxygen atoms in total. The number of hydrogen-bond donors (Lipinski definition) is 0. The quantitative estimate of drug-likeness (QED) is 0.594. The molecule has 1 atom stereocenters. The molecule has 2 aliphatic rings. The van der Waals surface area contributed by atoms with Crippen molar-refractivity contribution < 1.29 is 9.59 Å². The van der Waals surface area contributed by atoms with Crippen LogP contribution in [0.2, 0.25) is 0 Å². The lowest BCUT2D eigenvalue weighted by atomic mass is 9.68. The lowest BCUT2D eigenvalue weighted by molar-refractivity contribution is -0.132. The maximum absolute atomic E-state index is 11.9. The Hall–Kier alpha value is -0.660. The van der Waals surface area contributed by atoms with Gasteiger partial charge in [-0.25, -0.2) is 0 Å². The molecule has 0 aromatic heterocycles. The number of carbonyl (C=O) groups is 2. The van der Waals surface area contributed by atoms with Gasteiger partial charge in [-0.05, 0) is 32.1 Å². The van der Waals surface area contributed by atoms with E-state index in [9.17, 15) is 9.59 Å². The first-order chi connectivity index (χ1) is 6.73. The first-order valence-electron chi connectivity index (χ1n) is 5.78. The minimum atomic E-state index is -0.0790. The molecule has 14 heavy (non-hydrogen) atoms. The van der Waals surface area contributed by atoms with Gasteiger partial charge in [0.1, 0.15) is 11.6 Å². The van der Waals surface area contributed by atoms with Gasteiger partial charge in [-0.3, -0.25) is 9.59 Å². The highest BCUT2D eigenvalue weighted by Gasteiger charge is 2.40. The third-order valence-corrected chi connectivity index (χ3v) is 3.89. The van der Waals surface area contributed by atoms with Gasteiger partial charge in [-0.1, -0.05) is 6.42 Å². The van der Waals surface area contributed by atoms with Crippen LogP contribution in [0.5, 0.6) is 0 Å². The van der Waals surface area contributed by atoms with Crippen LogP contribution in [0, 0.1) is 5.41 Å². The fourth-order valence-electron chi connectivity index (χ4n) is 2.94. The minimum Gasteiger partial charge on any atom is -0.300 e. The molecule has 0 bridgehead atoms. The van der Waals surface area contributed by atoms with E-state index >= 15 is 0 Å². The Morgan fingerprint density at radius 2 is 1.57 bits per heavy atom. The van der Waals surface area contributed by atoms with Crippen LogP contribution in [0.3, 0.4) is 0 Å². The summed E-state index contributed by atoms with van der Waals surface area (Å²) < 4.78 is 0. The Bertz CT molecular complexity index is 257. The molecule has 1 spiro atoms. The van der Waals surface area contributed by atoms with E-state index in [4.69, 9.17) is 0 Å². The molecule has 0 aromatic carbocycles. The van der Waals surface area contributed by atoms with Crippen molar-refractivity contribution in [3.63, 3.8) is 0 Å². The molecule has 0 amide bonds. The Labute approximate surface area is 85.1 Å².